The van der Waals surface area contributed by atoms with Crippen molar-refractivity contribution < 1.29 is 8.42 Å². The van der Waals surface area contributed by atoms with Gasteiger partial charge in [-0.15, -0.1) is 0 Å². The molecule has 0 saturated carbocycles. The van der Waals surface area contributed by atoms with E-state index < -0.39 is 10.0 Å². The van der Waals surface area contributed by atoms with Crippen LogP contribution in [0.25, 0.3) is 0 Å². The Morgan fingerprint density at radius 1 is 1.20 bits per heavy atom. The van der Waals surface area contributed by atoms with Gasteiger partial charge in [0.25, 0.3) is 0 Å². The fourth-order valence-corrected chi connectivity index (χ4v) is 1.80. The molecule has 0 radical (unpaired) electrons. The average molecular weight is 165 g/mol. The zero-order chi connectivity index (χ0) is 8.04. The van der Waals surface area contributed by atoms with Crippen molar-refractivity contribution in [3.8, 4) is 0 Å². The van der Waals surface area contributed by atoms with Gasteiger partial charge >= 0.3 is 0 Å². The molecule has 0 aromatic heterocycles. The summed E-state index contributed by atoms with van der Waals surface area (Å²) in [5.41, 5.74) is 0. The van der Waals surface area contributed by atoms with Gasteiger partial charge < -0.3 is 0 Å². The van der Waals surface area contributed by atoms with Crippen molar-refractivity contribution in [3.05, 3.63) is 0 Å². The first-order valence-corrected chi connectivity index (χ1v) is 5.25. The second-order valence-electron chi connectivity index (χ2n) is 2.21. The van der Waals surface area contributed by atoms with E-state index in [1.54, 1.807) is 0 Å². The summed E-state index contributed by atoms with van der Waals surface area (Å²) in [5.74, 6) is 0.243. The molecule has 0 aliphatic carbocycles. The van der Waals surface area contributed by atoms with Gasteiger partial charge in [-0.3, -0.25) is 0 Å². The lowest BCUT2D eigenvalue weighted by atomic mass is 10.5. The predicted octanol–water partition coefficient (Wildman–Crippen LogP) is 0.726. The summed E-state index contributed by atoms with van der Waals surface area (Å²) in [4.78, 5) is 0. The maximum Gasteiger partial charge on any atom is 0.211 e. The number of hydrogen-bond donors (Lipinski definition) is 1. The molecule has 0 atom stereocenters. The largest absolute Gasteiger partial charge is 0.215 e. The molecule has 1 N–H and O–H groups in total. The van der Waals surface area contributed by atoms with Crippen LogP contribution in [0.1, 0.15) is 26.7 Å². The van der Waals surface area contributed by atoms with Crippen molar-refractivity contribution in [1.29, 1.82) is 0 Å². The van der Waals surface area contributed by atoms with Crippen LogP contribution in [0.15, 0.2) is 0 Å². The van der Waals surface area contributed by atoms with E-state index in [2.05, 4.69) is 4.72 Å². The van der Waals surface area contributed by atoms with E-state index in [1.807, 2.05) is 13.8 Å². The molecule has 0 aromatic rings. The zero-order valence-corrected chi connectivity index (χ0v) is 7.37. The Morgan fingerprint density at radius 2 is 1.80 bits per heavy atom. The van der Waals surface area contributed by atoms with Crippen LogP contribution in [0.4, 0.5) is 0 Å². The fraction of sp³-hybridized carbons (Fsp3) is 1.00. The second-order valence-corrected chi connectivity index (χ2v) is 4.14. The summed E-state index contributed by atoms with van der Waals surface area (Å²) in [6.45, 7) is 4.35. The molecule has 10 heavy (non-hydrogen) atoms. The third-order valence-corrected chi connectivity index (χ3v) is 2.63. The molecule has 0 heterocycles. The SMILES string of the molecule is CCCNS(=O)(=O)CCC. The first-order chi connectivity index (χ1) is 4.62. The fourth-order valence-electron chi connectivity index (χ4n) is 0.598. The predicted molar refractivity (Wildman–Crippen MR) is 42.4 cm³/mol. The van der Waals surface area contributed by atoms with Crippen molar-refractivity contribution in [1.82, 2.24) is 4.72 Å². The Labute approximate surface area is 62.9 Å². The maximum absolute atomic E-state index is 10.9. The Kier molecular flexibility index (Phi) is 4.64. The first kappa shape index (κ1) is 9.91. The Bertz CT molecular complexity index is 163. The quantitative estimate of drug-likeness (QED) is 0.652. The van der Waals surface area contributed by atoms with E-state index in [4.69, 9.17) is 0 Å². The summed E-state index contributed by atoms with van der Waals surface area (Å²) >= 11 is 0. The first-order valence-electron chi connectivity index (χ1n) is 3.59. The minimum atomic E-state index is -2.94. The highest BCUT2D eigenvalue weighted by molar-refractivity contribution is 7.89. The molecule has 0 unspecified atom stereocenters. The summed E-state index contributed by atoms with van der Waals surface area (Å²) in [6, 6.07) is 0. The van der Waals surface area contributed by atoms with Crippen LogP contribution in [0.3, 0.4) is 0 Å². The van der Waals surface area contributed by atoms with E-state index in [-0.39, 0.29) is 5.75 Å². The minimum absolute atomic E-state index is 0.243. The molecular weight excluding hydrogens is 150 g/mol. The van der Waals surface area contributed by atoms with Crippen LogP contribution in [0, 0.1) is 0 Å². The van der Waals surface area contributed by atoms with E-state index in [9.17, 15) is 8.42 Å². The molecule has 0 amide bonds. The van der Waals surface area contributed by atoms with Crippen LogP contribution in [-0.4, -0.2) is 20.7 Å². The number of hydrogen-bond acceptors (Lipinski definition) is 2. The highest BCUT2D eigenvalue weighted by atomic mass is 32.2. The van der Waals surface area contributed by atoms with Crippen molar-refractivity contribution in [2.75, 3.05) is 12.3 Å². The van der Waals surface area contributed by atoms with Gasteiger partial charge in [-0.05, 0) is 12.8 Å². The molecule has 0 fully saturated rings. The Hall–Kier alpha value is -0.0900. The van der Waals surface area contributed by atoms with Crippen molar-refractivity contribution >= 4 is 10.0 Å². The van der Waals surface area contributed by atoms with Crippen molar-refractivity contribution in [2.24, 2.45) is 0 Å². The lowest BCUT2D eigenvalue weighted by Gasteiger charge is -2.01. The molecule has 0 aliphatic rings. The van der Waals surface area contributed by atoms with Gasteiger partial charge in [-0.25, -0.2) is 13.1 Å². The van der Waals surface area contributed by atoms with E-state index in [1.165, 1.54) is 0 Å². The van der Waals surface area contributed by atoms with Gasteiger partial charge in [0.15, 0.2) is 0 Å². The standard InChI is InChI=1S/C6H15NO2S/c1-3-5-7-10(8,9)6-4-2/h7H,3-6H2,1-2H3. The number of sulfonamides is 1. The van der Waals surface area contributed by atoms with Crippen LogP contribution in [0.5, 0.6) is 0 Å². The maximum atomic E-state index is 10.9. The zero-order valence-electron chi connectivity index (χ0n) is 6.55. The van der Waals surface area contributed by atoms with E-state index in [0.29, 0.717) is 13.0 Å². The molecule has 3 nitrogen and oxygen atoms in total. The second kappa shape index (κ2) is 4.68. The van der Waals surface area contributed by atoms with Crippen LogP contribution < -0.4 is 4.72 Å². The van der Waals surface area contributed by atoms with Crippen molar-refractivity contribution in [2.45, 2.75) is 26.7 Å². The van der Waals surface area contributed by atoms with Crippen LogP contribution in [-0.2, 0) is 10.0 Å². The van der Waals surface area contributed by atoms with E-state index >= 15 is 0 Å². The molecule has 0 spiro atoms. The lowest BCUT2D eigenvalue weighted by molar-refractivity contribution is 0.579. The Morgan fingerprint density at radius 3 is 2.20 bits per heavy atom. The van der Waals surface area contributed by atoms with Crippen molar-refractivity contribution in [3.63, 3.8) is 0 Å². The van der Waals surface area contributed by atoms with Gasteiger partial charge in [0, 0.05) is 6.54 Å². The summed E-state index contributed by atoms with van der Waals surface area (Å²) in [6.07, 6.45) is 1.53. The Balaban J connectivity index is 3.65. The van der Waals surface area contributed by atoms with E-state index in [0.717, 1.165) is 6.42 Å². The van der Waals surface area contributed by atoms with Gasteiger partial charge in [-0.1, -0.05) is 13.8 Å². The molecule has 62 valence electrons. The smallest absolute Gasteiger partial charge is 0.211 e. The molecule has 0 rings (SSSR count). The minimum Gasteiger partial charge on any atom is -0.215 e. The highest BCUT2D eigenvalue weighted by Gasteiger charge is 2.05. The average Bonchev–Trinajstić information content (AvgIpc) is 1.84. The third-order valence-electron chi connectivity index (χ3n) is 1.04. The monoisotopic (exact) mass is 165 g/mol. The van der Waals surface area contributed by atoms with Gasteiger partial charge in [-0.2, -0.15) is 0 Å². The summed E-state index contributed by atoms with van der Waals surface area (Å²) in [7, 11) is -2.94. The van der Waals surface area contributed by atoms with Gasteiger partial charge in [0.05, 0.1) is 5.75 Å². The third kappa shape index (κ3) is 4.76. The van der Waals surface area contributed by atoms with Gasteiger partial charge in [0.1, 0.15) is 0 Å². The molecular formula is C6H15NO2S. The topological polar surface area (TPSA) is 46.2 Å². The molecule has 0 aromatic carbocycles. The van der Waals surface area contributed by atoms with Gasteiger partial charge in [0.2, 0.25) is 10.0 Å². The van der Waals surface area contributed by atoms with Crippen LogP contribution >= 0.6 is 0 Å². The summed E-state index contributed by atoms with van der Waals surface area (Å²) in [5, 5.41) is 0. The lowest BCUT2D eigenvalue weighted by Crippen LogP contribution is -2.26. The molecule has 0 aliphatic heterocycles. The van der Waals surface area contributed by atoms with Crippen LogP contribution in [0.2, 0.25) is 0 Å². The number of rotatable bonds is 5. The molecule has 0 bridgehead atoms. The summed E-state index contributed by atoms with van der Waals surface area (Å²) < 4.78 is 24.2. The number of nitrogens with one attached hydrogen (secondary N) is 1. The normalized spacial score (nSPS) is 11.8. The highest BCUT2D eigenvalue weighted by Crippen LogP contribution is 1.87. The molecule has 0 saturated heterocycles. The molecule has 4 heteroatoms.